The van der Waals surface area contributed by atoms with E-state index in [1.165, 1.54) is 18.0 Å². The van der Waals surface area contributed by atoms with E-state index in [0.29, 0.717) is 17.7 Å². The molecule has 0 amide bonds. The molecule has 1 aromatic rings. The van der Waals surface area contributed by atoms with Gasteiger partial charge in [0.2, 0.25) is 0 Å². The summed E-state index contributed by atoms with van der Waals surface area (Å²) in [6.45, 7) is 7.39. The first-order chi connectivity index (χ1) is 12.7. The van der Waals surface area contributed by atoms with Crippen LogP contribution in [0.5, 0.6) is 0 Å². The lowest BCUT2D eigenvalue weighted by molar-refractivity contribution is -0.115. The molecule has 6 heteroatoms. The number of ketones is 1. The normalized spacial score (nSPS) is 12.0. The number of hydrogen-bond donors (Lipinski definition) is 0. The fourth-order valence-electron chi connectivity index (χ4n) is 2.27. The van der Waals surface area contributed by atoms with Gasteiger partial charge in [0.15, 0.2) is 5.78 Å². The van der Waals surface area contributed by atoms with E-state index in [9.17, 15) is 18.0 Å². The summed E-state index contributed by atoms with van der Waals surface area (Å²) in [6, 6.07) is 8.37. The van der Waals surface area contributed by atoms with E-state index in [-0.39, 0.29) is 24.3 Å². The second-order valence-corrected chi connectivity index (χ2v) is 5.49. The number of anilines is 1. The molecular weight excluding hydrogens is 353 g/mol. The second-order valence-electron chi connectivity index (χ2n) is 5.49. The standard InChI is InChI=1S/C19H21F3N2O.C2H6/c1-4-7-15(19(20,21)22)12-17(18(25)8-5-2)24(3)16-10-6-9-14(11-16)13-23;1-2/h6-7,9-12H,4-5,8H2,1-3H3;1-2H3/b15-7-,17-12-;. The van der Waals surface area contributed by atoms with Crippen molar-refractivity contribution in [2.24, 2.45) is 0 Å². The number of rotatable bonds is 7. The number of nitriles is 1. The number of allylic oxidation sites excluding steroid dienone is 4. The van der Waals surface area contributed by atoms with Gasteiger partial charge in [0.1, 0.15) is 0 Å². The third-order valence-electron chi connectivity index (χ3n) is 3.53. The Balaban J connectivity index is 0.00000326. The van der Waals surface area contributed by atoms with Crippen molar-refractivity contribution in [3.63, 3.8) is 0 Å². The van der Waals surface area contributed by atoms with E-state index in [0.717, 1.165) is 12.2 Å². The summed E-state index contributed by atoms with van der Waals surface area (Å²) in [5.74, 6) is -0.376. The summed E-state index contributed by atoms with van der Waals surface area (Å²) >= 11 is 0. The molecule has 0 saturated heterocycles. The number of halogens is 3. The van der Waals surface area contributed by atoms with Gasteiger partial charge in [-0.05, 0) is 37.1 Å². The maximum Gasteiger partial charge on any atom is 0.416 e. The Morgan fingerprint density at radius 2 is 1.89 bits per heavy atom. The van der Waals surface area contributed by atoms with E-state index in [4.69, 9.17) is 5.26 Å². The second kappa shape index (κ2) is 11.9. The van der Waals surface area contributed by atoms with E-state index in [1.807, 2.05) is 19.9 Å². The van der Waals surface area contributed by atoms with E-state index in [2.05, 4.69) is 0 Å². The summed E-state index contributed by atoms with van der Waals surface area (Å²) in [7, 11) is 1.52. The largest absolute Gasteiger partial charge is 0.416 e. The van der Waals surface area contributed by atoms with Crippen LogP contribution in [0, 0.1) is 11.3 Å². The van der Waals surface area contributed by atoms with Gasteiger partial charge in [0.05, 0.1) is 22.9 Å². The van der Waals surface area contributed by atoms with Gasteiger partial charge in [-0.3, -0.25) is 4.79 Å². The van der Waals surface area contributed by atoms with Crippen molar-refractivity contribution in [2.45, 2.75) is 53.1 Å². The number of benzene rings is 1. The van der Waals surface area contributed by atoms with Crippen LogP contribution in [0.1, 0.15) is 52.5 Å². The number of carbonyl (C=O) groups excluding carboxylic acids is 1. The fraction of sp³-hybridized carbons (Fsp3) is 0.429. The van der Waals surface area contributed by atoms with Crippen molar-refractivity contribution < 1.29 is 18.0 Å². The topological polar surface area (TPSA) is 44.1 Å². The molecule has 1 rings (SSSR count). The lowest BCUT2D eigenvalue weighted by Crippen LogP contribution is -2.24. The fourth-order valence-corrected chi connectivity index (χ4v) is 2.27. The van der Waals surface area contributed by atoms with Crippen molar-refractivity contribution in [1.29, 1.82) is 5.26 Å². The Kier molecular flexibility index (Phi) is 10.8. The molecule has 0 radical (unpaired) electrons. The molecule has 1 aromatic carbocycles. The van der Waals surface area contributed by atoms with Crippen LogP contribution in [0.25, 0.3) is 0 Å². The molecular formula is C21H27F3N2O. The maximum atomic E-state index is 13.2. The van der Waals surface area contributed by atoms with Crippen LogP contribution in [0.3, 0.4) is 0 Å². The number of likely N-dealkylation sites (N-methyl/N-ethyl adjacent to an activating group) is 1. The van der Waals surface area contributed by atoms with Crippen molar-refractivity contribution in [3.05, 3.63) is 53.3 Å². The molecule has 0 saturated carbocycles. The van der Waals surface area contributed by atoms with Crippen molar-refractivity contribution in [2.75, 3.05) is 11.9 Å². The van der Waals surface area contributed by atoms with Crippen LogP contribution in [0.4, 0.5) is 18.9 Å². The van der Waals surface area contributed by atoms with Gasteiger partial charge < -0.3 is 4.90 Å². The summed E-state index contributed by atoms with van der Waals surface area (Å²) in [4.78, 5) is 13.8. The lowest BCUT2D eigenvalue weighted by Gasteiger charge is -2.23. The Labute approximate surface area is 159 Å². The zero-order chi connectivity index (χ0) is 21.0. The van der Waals surface area contributed by atoms with Gasteiger partial charge in [-0.1, -0.05) is 39.8 Å². The molecule has 0 aromatic heterocycles. The predicted molar refractivity (Wildman–Crippen MR) is 103 cm³/mol. The highest BCUT2D eigenvalue weighted by molar-refractivity contribution is 5.99. The molecule has 0 atom stereocenters. The average Bonchev–Trinajstić information content (AvgIpc) is 2.65. The van der Waals surface area contributed by atoms with Crippen LogP contribution in [0.2, 0.25) is 0 Å². The molecule has 0 N–H and O–H groups in total. The summed E-state index contributed by atoms with van der Waals surface area (Å²) in [5, 5.41) is 8.99. The van der Waals surface area contributed by atoms with E-state index >= 15 is 0 Å². The lowest BCUT2D eigenvalue weighted by atomic mass is 10.1. The molecule has 0 heterocycles. The first-order valence-electron chi connectivity index (χ1n) is 9.00. The summed E-state index contributed by atoms with van der Waals surface area (Å²) in [6.07, 6.45) is -1.72. The Bertz CT molecular complexity index is 713. The van der Waals surface area contributed by atoms with E-state index < -0.39 is 11.7 Å². The smallest absolute Gasteiger partial charge is 0.342 e. The maximum absolute atomic E-state index is 13.2. The Morgan fingerprint density at radius 3 is 2.37 bits per heavy atom. The van der Waals surface area contributed by atoms with Crippen molar-refractivity contribution >= 4 is 11.5 Å². The van der Waals surface area contributed by atoms with Crippen molar-refractivity contribution in [3.8, 4) is 6.07 Å². The van der Waals surface area contributed by atoms with Crippen LogP contribution < -0.4 is 4.90 Å². The minimum absolute atomic E-state index is 0.0473. The minimum atomic E-state index is -4.54. The highest BCUT2D eigenvalue weighted by atomic mass is 19.4. The van der Waals surface area contributed by atoms with E-state index in [1.54, 1.807) is 32.0 Å². The zero-order valence-corrected chi connectivity index (χ0v) is 16.5. The van der Waals surface area contributed by atoms with Crippen molar-refractivity contribution in [1.82, 2.24) is 0 Å². The molecule has 0 fully saturated rings. The molecule has 27 heavy (non-hydrogen) atoms. The number of alkyl halides is 3. The summed E-state index contributed by atoms with van der Waals surface area (Å²) < 4.78 is 39.6. The molecule has 0 aliphatic heterocycles. The average molecular weight is 380 g/mol. The first kappa shape index (κ1) is 24.5. The number of nitrogens with zero attached hydrogens (tertiary/aromatic N) is 2. The van der Waals surface area contributed by atoms with Gasteiger partial charge in [-0.25, -0.2) is 0 Å². The van der Waals surface area contributed by atoms with Crippen LogP contribution in [0.15, 0.2) is 47.7 Å². The molecule has 0 bridgehead atoms. The van der Waals surface area contributed by atoms with Crippen LogP contribution >= 0.6 is 0 Å². The quantitative estimate of drug-likeness (QED) is 0.419. The zero-order valence-electron chi connectivity index (χ0n) is 16.5. The van der Waals surface area contributed by atoms with Gasteiger partial charge in [-0.15, -0.1) is 0 Å². The Morgan fingerprint density at radius 1 is 1.26 bits per heavy atom. The Hall–Kier alpha value is -2.55. The number of carbonyl (C=O) groups is 1. The van der Waals surface area contributed by atoms with Crippen LogP contribution in [-0.4, -0.2) is 19.0 Å². The number of Topliss-reactive ketones (excluding diaryl/α,β-unsaturated/α-hetero) is 1. The highest BCUT2D eigenvalue weighted by Gasteiger charge is 2.33. The molecule has 148 valence electrons. The van der Waals surface area contributed by atoms with Crippen LogP contribution in [-0.2, 0) is 4.79 Å². The molecule has 0 spiro atoms. The molecule has 0 aliphatic carbocycles. The van der Waals surface area contributed by atoms with Gasteiger partial charge in [-0.2, -0.15) is 18.4 Å². The third kappa shape index (κ3) is 7.69. The molecule has 0 unspecified atom stereocenters. The summed E-state index contributed by atoms with van der Waals surface area (Å²) in [5.41, 5.74) is -0.0498. The highest BCUT2D eigenvalue weighted by Crippen LogP contribution is 2.30. The molecule has 3 nitrogen and oxygen atoms in total. The van der Waals surface area contributed by atoms with Gasteiger partial charge >= 0.3 is 6.18 Å². The predicted octanol–water partition coefficient (Wildman–Crippen LogP) is 6.17. The SMILES string of the molecule is CC.CC/C=C(/C=C(/C(=O)CCC)N(C)c1cccc(C#N)c1)C(F)(F)F. The third-order valence-corrected chi connectivity index (χ3v) is 3.53. The van der Waals surface area contributed by atoms with Gasteiger partial charge in [0, 0.05) is 19.2 Å². The number of hydrogen-bond acceptors (Lipinski definition) is 3. The monoisotopic (exact) mass is 380 g/mol. The minimum Gasteiger partial charge on any atom is -0.342 e. The molecule has 0 aliphatic rings. The van der Waals surface area contributed by atoms with Gasteiger partial charge in [0.25, 0.3) is 0 Å². The first-order valence-corrected chi connectivity index (χ1v) is 9.00.